The van der Waals surface area contributed by atoms with E-state index in [-0.39, 0.29) is 42.4 Å². The Hall–Kier alpha value is -0.300. The van der Waals surface area contributed by atoms with Crippen LogP contribution < -0.4 is 40.0 Å². The molecule has 0 heterocycles. The van der Waals surface area contributed by atoms with Crippen molar-refractivity contribution in [2.24, 2.45) is 0 Å². The van der Waals surface area contributed by atoms with Crippen LogP contribution in [0.4, 0.5) is 4.79 Å². The SMILES string of the molecule is COC(=O)C1(NC(=O)OC(C)(C)C)CC([O-])C1.[Na+]. The monoisotopic (exact) mass is 267 g/mol. The van der Waals surface area contributed by atoms with E-state index >= 15 is 0 Å². The van der Waals surface area contributed by atoms with Crippen molar-refractivity contribution < 1.29 is 53.7 Å². The zero-order valence-electron chi connectivity index (χ0n) is 11.5. The maximum atomic E-state index is 11.6. The summed E-state index contributed by atoms with van der Waals surface area (Å²) in [5, 5.41) is 13.5. The first kappa shape index (κ1) is 17.7. The molecule has 1 aliphatic rings. The van der Waals surface area contributed by atoms with Gasteiger partial charge in [-0.05, 0) is 33.6 Å². The van der Waals surface area contributed by atoms with Crippen LogP contribution in [0.25, 0.3) is 0 Å². The number of hydrogen-bond acceptors (Lipinski definition) is 5. The number of carbonyl (C=O) groups is 2. The quantitative estimate of drug-likeness (QED) is 0.424. The molecule has 0 spiro atoms. The molecule has 0 radical (unpaired) electrons. The molecule has 0 saturated heterocycles. The number of carbonyl (C=O) groups excluding carboxylic acids is 2. The molecule has 1 fully saturated rings. The summed E-state index contributed by atoms with van der Waals surface area (Å²) in [6, 6.07) is 0. The predicted molar refractivity (Wildman–Crippen MR) is 57.1 cm³/mol. The predicted octanol–water partition coefficient (Wildman–Crippen LogP) is -3.05. The van der Waals surface area contributed by atoms with Crippen LogP contribution in [0.1, 0.15) is 33.6 Å². The smallest absolute Gasteiger partial charge is 0.852 e. The third-order valence-corrected chi connectivity index (χ3v) is 2.47. The summed E-state index contributed by atoms with van der Waals surface area (Å²) < 4.78 is 9.63. The molecule has 0 aromatic heterocycles. The molecule has 1 aliphatic carbocycles. The standard InChI is InChI=1S/C11H18NO5.Na/c1-10(2,3)17-9(15)12-11(8(14)16-4)5-7(13)6-11;/h7H,5-6H2,1-4H3,(H,12,15);/q-1;+1. The van der Waals surface area contributed by atoms with Gasteiger partial charge in [0.05, 0.1) is 7.11 Å². The second kappa shape index (κ2) is 6.23. The number of amides is 1. The molecule has 0 atom stereocenters. The molecule has 0 aromatic rings. The molecular weight excluding hydrogens is 249 g/mol. The molecule has 1 N–H and O–H groups in total. The van der Waals surface area contributed by atoms with Crippen molar-refractivity contribution in [3.8, 4) is 0 Å². The summed E-state index contributed by atoms with van der Waals surface area (Å²) in [7, 11) is 1.22. The van der Waals surface area contributed by atoms with E-state index in [0.717, 1.165) is 0 Å². The Bertz CT molecular complexity index is 320. The van der Waals surface area contributed by atoms with Gasteiger partial charge in [-0.1, -0.05) is 0 Å². The van der Waals surface area contributed by atoms with E-state index in [9.17, 15) is 14.7 Å². The fourth-order valence-corrected chi connectivity index (χ4v) is 1.73. The average molecular weight is 267 g/mol. The van der Waals surface area contributed by atoms with Crippen LogP contribution in [0.5, 0.6) is 0 Å². The van der Waals surface area contributed by atoms with Gasteiger partial charge in [-0.2, -0.15) is 0 Å². The van der Waals surface area contributed by atoms with Crippen LogP contribution in [0.3, 0.4) is 0 Å². The summed E-state index contributed by atoms with van der Waals surface area (Å²) in [5.41, 5.74) is -1.86. The van der Waals surface area contributed by atoms with Crippen molar-refractivity contribution in [3.05, 3.63) is 0 Å². The summed E-state index contributed by atoms with van der Waals surface area (Å²) in [5.74, 6) is -0.601. The molecule has 0 bridgehead atoms. The van der Waals surface area contributed by atoms with Gasteiger partial charge in [0, 0.05) is 0 Å². The van der Waals surface area contributed by atoms with E-state index in [1.54, 1.807) is 20.8 Å². The van der Waals surface area contributed by atoms with Crippen molar-refractivity contribution in [1.29, 1.82) is 0 Å². The topological polar surface area (TPSA) is 87.7 Å². The van der Waals surface area contributed by atoms with Crippen LogP contribution >= 0.6 is 0 Å². The molecular formula is C11H18NNaO5. The molecule has 0 unspecified atom stereocenters. The molecule has 1 amide bonds. The second-order valence-corrected chi connectivity index (χ2v) is 5.23. The van der Waals surface area contributed by atoms with Crippen molar-refractivity contribution in [2.45, 2.75) is 50.9 Å². The Labute approximate surface area is 129 Å². The number of nitrogens with one attached hydrogen (secondary N) is 1. The van der Waals surface area contributed by atoms with E-state index in [2.05, 4.69) is 10.1 Å². The second-order valence-electron chi connectivity index (χ2n) is 5.23. The maximum absolute atomic E-state index is 11.6. The minimum absolute atomic E-state index is 0. The van der Waals surface area contributed by atoms with E-state index in [1.165, 1.54) is 7.11 Å². The minimum Gasteiger partial charge on any atom is -0.852 e. The normalized spacial score (nSPS) is 26.4. The third-order valence-electron chi connectivity index (χ3n) is 2.47. The van der Waals surface area contributed by atoms with Crippen LogP contribution in [0.2, 0.25) is 0 Å². The number of alkyl carbamates (subject to hydrolysis) is 1. The number of hydrogen-bond donors (Lipinski definition) is 1. The first-order valence-electron chi connectivity index (χ1n) is 5.44. The maximum Gasteiger partial charge on any atom is 1.00 e. The first-order chi connectivity index (χ1) is 7.68. The largest absolute Gasteiger partial charge is 1.00 e. The van der Waals surface area contributed by atoms with E-state index in [1.807, 2.05) is 0 Å². The van der Waals surface area contributed by atoms with E-state index < -0.39 is 29.3 Å². The average Bonchev–Trinajstić information content (AvgIpc) is 2.10. The van der Waals surface area contributed by atoms with Crippen LogP contribution in [0, 0.1) is 0 Å². The van der Waals surface area contributed by atoms with Gasteiger partial charge in [0.15, 0.2) is 0 Å². The fraction of sp³-hybridized carbons (Fsp3) is 0.818. The van der Waals surface area contributed by atoms with E-state index in [0.29, 0.717) is 0 Å². The summed E-state index contributed by atoms with van der Waals surface area (Å²) >= 11 is 0. The zero-order valence-corrected chi connectivity index (χ0v) is 13.5. The zero-order chi connectivity index (χ0) is 13.3. The molecule has 0 aromatic carbocycles. The Morgan fingerprint density at radius 3 is 2.17 bits per heavy atom. The van der Waals surface area contributed by atoms with Crippen LogP contribution in [0.15, 0.2) is 0 Å². The van der Waals surface area contributed by atoms with Gasteiger partial charge < -0.3 is 19.9 Å². The Morgan fingerprint density at radius 2 is 1.83 bits per heavy atom. The number of methoxy groups -OCH3 is 1. The molecule has 98 valence electrons. The van der Waals surface area contributed by atoms with Crippen LogP contribution in [-0.4, -0.2) is 36.4 Å². The molecule has 6 nitrogen and oxygen atoms in total. The Balaban J connectivity index is 0.00000289. The van der Waals surface area contributed by atoms with Gasteiger partial charge in [0.2, 0.25) is 0 Å². The van der Waals surface area contributed by atoms with Crippen molar-refractivity contribution in [1.82, 2.24) is 5.32 Å². The molecule has 7 heteroatoms. The van der Waals surface area contributed by atoms with Gasteiger partial charge in [0.1, 0.15) is 11.1 Å². The molecule has 0 aliphatic heterocycles. The van der Waals surface area contributed by atoms with Crippen molar-refractivity contribution in [3.63, 3.8) is 0 Å². The summed E-state index contributed by atoms with van der Waals surface area (Å²) in [6.07, 6.45) is -1.48. The van der Waals surface area contributed by atoms with Gasteiger partial charge >= 0.3 is 41.6 Å². The Morgan fingerprint density at radius 1 is 1.33 bits per heavy atom. The van der Waals surface area contributed by atoms with E-state index in [4.69, 9.17) is 4.74 Å². The third kappa shape index (κ3) is 4.42. The van der Waals surface area contributed by atoms with Gasteiger partial charge in [-0.3, -0.25) is 0 Å². The number of ether oxygens (including phenoxy) is 2. The summed E-state index contributed by atoms with van der Waals surface area (Å²) in [6.45, 7) is 5.15. The van der Waals surface area contributed by atoms with Crippen molar-refractivity contribution in [2.75, 3.05) is 7.11 Å². The van der Waals surface area contributed by atoms with Crippen LogP contribution in [-0.2, 0) is 14.3 Å². The first-order valence-corrected chi connectivity index (χ1v) is 5.44. The number of rotatable bonds is 2. The molecule has 1 saturated carbocycles. The van der Waals surface area contributed by atoms with Gasteiger partial charge in [-0.25, -0.2) is 9.59 Å². The minimum atomic E-state index is -1.20. The van der Waals surface area contributed by atoms with Crippen molar-refractivity contribution >= 4 is 12.1 Å². The molecule has 1 rings (SSSR count). The fourth-order valence-electron chi connectivity index (χ4n) is 1.73. The molecule has 18 heavy (non-hydrogen) atoms. The van der Waals surface area contributed by atoms with Gasteiger partial charge in [0.25, 0.3) is 0 Å². The van der Waals surface area contributed by atoms with Gasteiger partial charge in [-0.15, -0.1) is 6.10 Å². The Kier molecular flexibility index (Phi) is 6.13. The summed E-state index contributed by atoms with van der Waals surface area (Å²) in [4.78, 5) is 23.1. The number of esters is 1.